The number of halogens is 1. The van der Waals surface area contributed by atoms with Crippen LogP contribution in [0.25, 0.3) is 0 Å². The van der Waals surface area contributed by atoms with Gasteiger partial charge in [0.2, 0.25) is 0 Å². The van der Waals surface area contributed by atoms with Crippen molar-refractivity contribution in [3.05, 3.63) is 51.8 Å². The van der Waals surface area contributed by atoms with Crippen LogP contribution in [0.4, 0.5) is 0 Å². The summed E-state index contributed by atoms with van der Waals surface area (Å²) in [4.78, 5) is 24.3. The molecule has 0 fully saturated rings. The van der Waals surface area contributed by atoms with Crippen LogP contribution in [0.5, 0.6) is 0 Å². The van der Waals surface area contributed by atoms with Gasteiger partial charge in [-0.1, -0.05) is 50.6 Å². The largest absolute Gasteiger partial charge is 0.454 e. The van der Waals surface area contributed by atoms with Crippen molar-refractivity contribution in [1.82, 2.24) is 9.78 Å². The average molecular weight is 363 g/mol. The highest BCUT2D eigenvalue weighted by molar-refractivity contribution is 6.31. The van der Waals surface area contributed by atoms with E-state index in [2.05, 4.69) is 5.10 Å². The van der Waals surface area contributed by atoms with Gasteiger partial charge in [0, 0.05) is 10.4 Å². The van der Waals surface area contributed by atoms with Gasteiger partial charge in [0.1, 0.15) is 5.56 Å². The van der Waals surface area contributed by atoms with Crippen LogP contribution in [0, 0.1) is 19.3 Å². The highest BCUT2D eigenvalue weighted by Crippen LogP contribution is 2.20. The second-order valence-corrected chi connectivity index (χ2v) is 7.45. The molecule has 0 aliphatic heterocycles. The molecule has 0 saturated heterocycles. The number of nitrogens with zero attached hydrogens (tertiary/aromatic N) is 2. The van der Waals surface area contributed by atoms with E-state index in [0.717, 1.165) is 5.56 Å². The number of Topliss-reactive ketones (excluding diaryl/α,β-unsaturated/α-hetero) is 1. The lowest BCUT2D eigenvalue weighted by Crippen LogP contribution is -2.26. The Balaban J connectivity index is 2.17. The summed E-state index contributed by atoms with van der Waals surface area (Å²) in [6.07, 6.45) is 0. The third-order valence-corrected chi connectivity index (χ3v) is 4.40. The third-order valence-electron chi connectivity index (χ3n) is 4.03. The third kappa shape index (κ3) is 4.48. The molecule has 0 spiro atoms. The number of carbonyl (C=O) groups excluding carboxylic acids is 2. The molecule has 0 aliphatic rings. The lowest BCUT2D eigenvalue weighted by molar-refractivity contribution is -0.129. The fraction of sp³-hybridized carbons (Fsp3) is 0.421. The van der Waals surface area contributed by atoms with Gasteiger partial charge in [-0.25, -0.2) is 4.79 Å². The number of hydrogen-bond acceptors (Lipinski definition) is 4. The highest BCUT2D eigenvalue weighted by atomic mass is 35.5. The fourth-order valence-electron chi connectivity index (χ4n) is 2.35. The zero-order valence-corrected chi connectivity index (χ0v) is 16.0. The minimum absolute atomic E-state index is 0.125. The second-order valence-electron chi connectivity index (χ2n) is 7.04. The van der Waals surface area contributed by atoms with Gasteiger partial charge in [-0.3, -0.25) is 9.48 Å². The van der Waals surface area contributed by atoms with Crippen molar-refractivity contribution in [3.8, 4) is 0 Å². The molecule has 5 nitrogen and oxygen atoms in total. The maximum Gasteiger partial charge on any atom is 0.342 e. The van der Waals surface area contributed by atoms with E-state index in [1.807, 2.05) is 24.3 Å². The van der Waals surface area contributed by atoms with Crippen molar-refractivity contribution in [3.63, 3.8) is 0 Å². The highest BCUT2D eigenvalue weighted by Gasteiger charge is 2.25. The molecule has 0 bridgehead atoms. The van der Waals surface area contributed by atoms with Gasteiger partial charge in [0.05, 0.1) is 17.9 Å². The summed E-state index contributed by atoms with van der Waals surface area (Å²) in [5.41, 5.74) is 2.02. The Bertz CT molecular complexity index is 803. The van der Waals surface area contributed by atoms with E-state index < -0.39 is 11.4 Å². The van der Waals surface area contributed by atoms with Gasteiger partial charge >= 0.3 is 5.97 Å². The number of carbonyl (C=O) groups is 2. The molecular weight excluding hydrogens is 340 g/mol. The topological polar surface area (TPSA) is 61.2 Å². The van der Waals surface area contributed by atoms with Gasteiger partial charge in [0.25, 0.3) is 0 Å². The number of benzene rings is 1. The van der Waals surface area contributed by atoms with Crippen molar-refractivity contribution >= 4 is 23.4 Å². The zero-order chi connectivity index (χ0) is 18.8. The number of aryl methyl sites for hydroxylation is 1. The fourth-order valence-corrected chi connectivity index (χ4v) is 2.55. The maximum absolute atomic E-state index is 12.4. The van der Waals surface area contributed by atoms with Gasteiger partial charge in [0.15, 0.2) is 12.4 Å². The summed E-state index contributed by atoms with van der Waals surface area (Å²) in [6.45, 7) is 9.15. The quantitative estimate of drug-likeness (QED) is 0.755. The lowest BCUT2D eigenvalue weighted by Gasteiger charge is -2.16. The molecule has 6 heteroatoms. The number of ether oxygens (including phenoxy) is 1. The van der Waals surface area contributed by atoms with E-state index in [1.54, 1.807) is 39.3 Å². The summed E-state index contributed by atoms with van der Waals surface area (Å²) < 4.78 is 6.92. The van der Waals surface area contributed by atoms with E-state index in [-0.39, 0.29) is 12.4 Å². The minimum atomic E-state index is -0.543. The number of rotatable bonds is 5. The average Bonchev–Trinajstić information content (AvgIpc) is 2.80. The van der Waals surface area contributed by atoms with Crippen LogP contribution in [0.15, 0.2) is 24.3 Å². The van der Waals surface area contributed by atoms with Crippen LogP contribution in [0.2, 0.25) is 5.02 Å². The van der Waals surface area contributed by atoms with Crippen LogP contribution in [-0.4, -0.2) is 28.1 Å². The molecule has 2 rings (SSSR count). The monoisotopic (exact) mass is 362 g/mol. The Morgan fingerprint density at radius 2 is 1.84 bits per heavy atom. The van der Waals surface area contributed by atoms with Gasteiger partial charge in [-0.2, -0.15) is 5.10 Å². The first kappa shape index (κ1) is 19.2. The van der Waals surface area contributed by atoms with Crippen molar-refractivity contribution in [2.24, 2.45) is 5.41 Å². The van der Waals surface area contributed by atoms with Crippen molar-refractivity contribution in [2.75, 3.05) is 6.61 Å². The molecule has 0 N–H and O–H groups in total. The second kappa shape index (κ2) is 7.40. The maximum atomic E-state index is 12.4. The Labute approximate surface area is 152 Å². The van der Waals surface area contributed by atoms with E-state index in [9.17, 15) is 9.59 Å². The summed E-state index contributed by atoms with van der Waals surface area (Å²) in [5, 5.41) is 5.06. The molecule has 0 saturated carbocycles. The summed E-state index contributed by atoms with van der Waals surface area (Å²) in [6, 6.07) is 7.50. The number of esters is 1. The van der Waals surface area contributed by atoms with Crippen LogP contribution in [0.1, 0.15) is 48.1 Å². The molecule has 1 heterocycles. The summed E-state index contributed by atoms with van der Waals surface area (Å²) >= 11 is 6.19. The van der Waals surface area contributed by atoms with Gasteiger partial charge < -0.3 is 4.74 Å². The van der Waals surface area contributed by atoms with Crippen LogP contribution in [0.3, 0.4) is 0 Å². The van der Waals surface area contributed by atoms with E-state index in [1.165, 1.54) is 0 Å². The molecule has 1 aromatic carbocycles. The van der Waals surface area contributed by atoms with Crippen LogP contribution < -0.4 is 0 Å². The van der Waals surface area contributed by atoms with E-state index >= 15 is 0 Å². The minimum Gasteiger partial charge on any atom is -0.454 e. The normalized spacial score (nSPS) is 11.4. The first-order chi connectivity index (χ1) is 11.6. The number of hydrogen-bond donors (Lipinski definition) is 0. The Kier molecular flexibility index (Phi) is 5.68. The summed E-state index contributed by atoms with van der Waals surface area (Å²) in [5.74, 6) is -0.655. The predicted octanol–water partition coefficient (Wildman–Crippen LogP) is 3.97. The molecular formula is C19H23ClN2O3. The lowest BCUT2D eigenvalue weighted by atomic mass is 9.91. The van der Waals surface area contributed by atoms with Crippen molar-refractivity contribution in [1.29, 1.82) is 0 Å². The number of ketones is 1. The Morgan fingerprint density at radius 1 is 1.20 bits per heavy atom. The standard InChI is InChI=1S/C19H23ClN2O3/c1-12-17(18(24)25-11-16(23)19(3,4)5)13(2)22(21-12)10-14-8-6-7-9-15(14)20/h6-9H,10-11H2,1-5H3. The predicted molar refractivity (Wildman–Crippen MR) is 97.0 cm³/mol. The summed E-state index contributed by atoms with van der Waals surface area (Å²) in [7, 11) is 0. The first-order valence-electron chi connectivity index (χ1n) is 8.09. The van der Waals surface area contributed by atoms with Crippen LogP contribution in [-0.2, 0) is 16.1 Å². The van der Waals surface area contributed by atoms with E-state index in [4.69, 9.17) is 16.3 Å². The molecule has 134 valence electrons. The molecule has 0 unspecified atom stereocenters. The Hall–Kier alpha value is -2.14. The van der Waals surface area contributed by atoms with Gasteiger partial charge in [-0.05, 0) is 25.5 Å². The molecule has 0 aliphatic carbocycles. The molecule has 25 heavy (non-hydrogen) atoms. The zero-order valence-electron chi connectivity index (χ0n) is 15.2. The molecule has 2 aromatic rings. The SMILES string of the molecule is Cc1nn(Cc2ccccc2Cl)c(C)c1C(=O)OCC(=O)C(C)(C)C. The van der Waals surface area contributed by atoms with Crippen molar-refractivity contribution < 1.29 is 14.3 Å². The molecule has 0 amide bonds. The Morgan fingerprint density at radius 3 is 2.44 bits per heavy atom. The number of aromatic nitrogens is 2. The van der Waals surface area contributed by atoms with Crippen LogP contribution >= 0.6 is 11.6 Å². The molecule has 1 aromatic heterocycles. The van der Waals surface area contributed by atoms with Crippen molar-refractivity contribution in [2.45, 2.75) is 41.2 Å². The molecule has 0 atom stereocenters. The van der Waals surface area contributed by atoms with Gasteiger partial charge in [-0.15, -0.1) is 0 Å². The first-order valence-corrected chi connectivity index (χ1v) is 8.47. The van der Waals surface area contributed by atoms with E-state index in [0.29, 0.717) is 28.5 Å². The molecule has 0 radical (unpaired) electrons. The smallest absolute Gasteiger partial charge is 0.342 e.